The molecule has 1 atom stereocenters. The highest BCUT2D eigenvalue weighted by atomic mass is 32.1. The molecule has 1 rings (SSSR count). The third-order valence-corrected chi connectivity index (χ3v) is 4.01. The Balaban J connectivity index is 2.61. The van der Waals surface area contributed by atoms with Gasteiger partial charge in [0.05, 0.1) is 6.04 Å². The molecule has 0 bridgehead atoms. The smallest absolute Gasteiger partial charge is 0.315 e. The first-order chi connectivity index (χ1) is 8.38. The molecule has 0 radical (unpaired) electrons. The summed E-state index contributed by atoms with van der Waals surface area (Å²) >= 11 is 1.63. The van der Waals surface area contributed by atoms with Crippen molar-refractivity contribution in [2.75, 3.05) is 0 Å². The first-order valence-electron chi connectivity index (χ1n) is 6.39. The van der Waals surface area contributed by atoms with Crippen LogP contribution in [0.4, 0.5) is 4.79 Å². The maximum atomic E-state index is 11.9. The lowest BCUT2D eigenvalue weighted by Gasteiger charge is -2.26. The molecule has 1 aromatic heterocycles. The molecule has 0 fully saturated rings. The first-order valence-corrected chi connectivity index (χ1v) is 7.20. The molecule has 0 spiro atoms. The molecule has 2 N–H and O–H groups in total. The largest absolute Gasteiger partial charge is 0.333 e. The topological polar surface area (TPSA) is 54.0 Å². The van der Waals surface area contributed by atoms with Crippen molar-refractivity contribution in [1.82, 2.24) is 15.6 Å². The van der Waals surface area contributed by atoms with Crippen molar-refractivity contribution in [2.45, 2.75) is 59.0 Å². The molecule has 1 aromatic rings. The van der Waals surface area contributed by atoms with E-state index in [1.807, 2.05) is 33.9 Å². The molecule has 0 saturated heterocycles. The molecule has 102 valence electrons. The lowest BCUT2D eigenvalue weighted by Crippen LogP contribution is -2.48. The third kappa shape index (κ3) is 4.29. The zero-order chi connectivity index (χ0) is 13.8. The molecule has 4 nitrogen and oxygen atoms in total. The number of amides is 2. The van der Waals surface area contributed by atoms with E-state index in [1.54, 1.807) is 11.3 Å². The number of hydrogen-bond donors (Lipinski definition) is 2. The maximum absolute atomic E-state index is 11.9. The van der Waals surface area contributed by atoms with E-state index in [-0.39, 0.29) is 17.6 Å². The van der Waals surface area contributed by atoms with E-state index in [4.69, 9.17) is 0 Å². The Morgan fingerprint density at radius 1 is 1.50 bits per heavy atom. The van der Waals surface area contributed by atoms with Gasteiger partial charge in [0.2, 0.25) is 0 Å². The summed E-state index contributed by atoms with van der Waals surface area (Å²) in [7, 11) is 0. The molecule has 0 unspecified atom stereocenters. The standard InChI is InChI=1S/C13H23N3OS/c1-6-10(11-14-8-9(3)18-11)15-12(17)16-13(4,5)7-2/h8,10H,6-7H2,1-5H3,(H2,15,16,17)/t10-/m0/s1. The van der Waals surface area contributed by atoms with Crippen molar-refractivity contribution < 1.29 is 4.79 Å². The summed E-state index contributed by atoms with van der Waals surface area (Å²) in [6.45, 7) is 10.2. The lowest BCUT2D eigenvalue weighted by atomic mass is 10.0. The van der Waals surface area contributed by atoms with Crippen LogP contribution in [0.2, 0.25) is 0 Å². The van der Waals surface area contributed by atoms with Crippen LogP contribution in [-0.2, 0) is 0 Å². The van der Waals surface area contributed by atoms with E-state index in [1.165, 1.54) is 4.88 Å². The van der Waals surface area contributed by atoms with Crippen molar-refractivity contribution in [2.24, 2.45) is 0 Å². The fourth-order valence-electron chi connectivity index (χ4n) is 1.46. The molecular formula is C13H23N3OS. The average molecular weight is 269 g/mol. The average Bonchev–Trinajstić information content (AvgIpc) is 2.72. The third-order valence-electron chi connectivity index (χ3n) is 2.99. The first kappa shape index (κ1) is 15.0. The normalized spacial score (nSPS) is 13.2. The molecule has 0 aliphatic heterocycles. The van der Waals surface area contributed by atoms with Crippen LogP contribution in [0.25, 0.3) is 0 Å². The highest BCUT2D eigenvalue weighted by Gasteiger charge is 2.21. The van der Waals surface area contributed by atoms with Gasteiger partial charge in [-0.15, -0.1) is 11.3 Å². The molecule has 5 heteroatoms. The molecule has 0 aliphatic rings. The Morgan fingerprint density at radius 2 is 2.17 bits per heavy atom. The summed E-state index contributed by atoms with van der Waals surface area (Å²) < 4.78 is 0. The van der Waals surface area contributed by atoms with Crippen molar-refractivity contribution in [3.05, 3.63) is 16.1 Å². The van der Waals surface area contributed by atoms with E-state index >= 15 is 0 Å². The highest BCUT2D eigenvalue weighted by Crippen LogP contribution is 2.22. The second-order valence-electron chi connectivity index (χ2n) is 5.11. The van der Waals surface area contributed by atoms with E-state index in [9.17, 15) is 4.79 Å². The van der Waals surface area contributed by atoms with Crippen LogP contribution in [0.1, 0.15) is 56.5 Å². The number of thiazole rings is 1. The highest BCUT2D eigenvalue weighted by molar-refractivity contribution is 7.11. The van der Waals surface area contributed by atoms with Crippen LogP contribution in [0.3, 0.4) is 0 Å². The molecule has 0 aromatic carbocycles. The van der Waals surface area contributed by atoms with Gasteiger partial charge in [-0.1, -0.05) is 13.8 Å². The number of urea groups is 1. The monoisotopic (exact) mass is 269 g/mol. The fourth-order valence-corrected chi connectivity index (χ4v) is 2.37. The molecule has 18 heavy (non-hydrogen) atoms. The van der Waals surface area contributed by atoms with Crippen molar-refractivity contribution >= 4 is 17.4 Å². The second kappa shape index (κ2) is 6.18. The van der Waals surface area contributed by atoms with Gasteiger partial charge in [0.1, 0.15) is 5.01 Å². The molecule has 0 saturated carbocycles. The quantitative estimate of drug-likeness (QED) is 0.861. The molecule has 1 heterocycles. The fraction of sp³-hybridized carbons (Fsp3) is 0.692. The summed E-state index contributed by atoms with van der Waals surface area (Å²) in [4.78, 5) is 17.4. The number of carbonyl (C=O) groups is 1. The number of carbonyl (C=O) groups excluding carboxylic acids is 1. The Kier molecular flexibility index (Phi) is 5.14. The van der Waals surface area contributed by atoms with E-state index in [2.05, 4.69) is 22.5 Å². The molecular weight excluding hydrogens is 246 g/mol. The summed E-state index contributed by atoms with van der Waals surface area (Å²) in [6, 6.07) is -0.127. The summed E-state index contributed by atoms with van der Waals surface area (Å²) in [5, 5.41) is 6.93. The Bertz CT molecular complexity index is 401. The van der Waals surface area contributed by atoms with E-state index in [0.29, 0.717) is 0 Å². The zero-order valence-corrected chi connectivity index (χ0v) is 12.6. The van der Waals surface area contributed by atoms with E-state index < -0.39 is 0 Å². The Hall–Kier alpha value is -1.10. The van der Waals surface area contributed by atoms with Crippen LogP contribution < -0.4 is 10.6 Å². The number of aromatic nitrogens is 1. The van der Waals surface area contributed by atoms with Crippen LogP contribution in [-0.4, -0.2) is 16.6 Å². The minimum absolute atomic E-state index is 0.00337. The lowest BCUT2D eigenvalue weighted by molar-refractivity contribution is 0.224. The number of nitrogens with zero attached hydrogens (tertiary/aromatic N) is 1. The summed E-state index contributed by atoms with van der Waals surface area (Å²) in [6.07, 6.45) is 3.58. The predicted octanol–water partition coefficient (Wildman–Crippen LogP) is 3.39. The Labute approximate surface area is 113 Å². The molecule has 0 aliphatic carbocycles. The van der Waals surface area contributed by atoms with Crippen LogP contribution in [0.15, 0.2) is 6.20 Å². The predicted molar refractivity (Wildman–Crippen MR) is 75.9 cm³/mol. The van der Waals surface area contributed by atoms with Gasteiger partial charge >= 0.3 is 6.03 Å². The number of nitrogens with one attached hydrogen (secondary N) is 2. The SMILES string of the molecule is CC[C@H](NC(=O)NC(C)(C)CC)c1ncc(C)s1. The second-order valence-corrected chi connectivity index (χ2v) is 6.37. The van der Waals surface area contributed by atoms with Gasteiger partial charge in [-0.2, -0.15) is 0 Å². The van der Waals surface area contributed by atoms with E-state index in [0.717, 1.165) is 17.8 Å². The number of aryl methyl sites for hydroxylation is 1. The minimum Gasteiger partial charge on any atom is -0.333 e. The summed E-state index contributed by atoms with van der Waals surface area (Å²) in [5.74, 6) is 0. The van der Waals surface area contributed by atoms with Crippen LogP contribution >= 0.6 is 11.3 Å². The number of hydrogen-bond acceptors (Lipinski definition) is 3. The maximum Gasteiger partial charge on any atom is 0.315 e. The van der Waals surface area contributed by atoms with Crippen molar-refractivity contribution in [3.63, 3.8) is 0 Å². The van der Waals surface area contributed by atoms with Crippen LogP contribution in [0.5, 0.6) is 0 Å². The van der Waals surface area contributed by atoms with Crippen molar-refractivity contribution in [3.8, 4) is 0 Å². The van der Waals surface area contributed by atoms with Gasteiger partial charge < -0.3 is 10.6 Å². The number of rotatable bonds is 5. The van der Waals surface area contributed by atoms with Gasteiger partial charge in [0.25, 0.3) is 0 Å². The minimum atomic E-state index is -0.179. The van der Waals surface area contributed by atoms with Gasteiger partial charge in [0, 0.05) is 16.6 Å². The van der Waals surface area contributed by atoms with Crippen molar-refractivity contribution in [1.29, 1.82) is 0 Å². The van der Waals surface area contributed by atoms with Gasteiger partial charge in [-0.25, -0.2) is 9.78 Å². The van der Waals surface area contributed by atoms with Crippen LogP contribution in [0, 0.1) is 6.92 Å². The summed E-state index contributed by atoms with van der Waals surface area (Å²) in [5.41, 5.74) is -0.179. The molecule has 2 amide bonds. The zero-order valence-electron chi connectivity index (χ0n) is 11.8. The van der Waals surface area contributed by atoms with Gasteiger partial charge in [0.15, 0.2) is 0 Å². The van der Waals surface area contributed by atoms with Gasteiger partial charge in [-0.3, -0.25) is 0 Å². The Morgan fingerprint density at radius 3 is 2.61 bits per heavy atom. The van der Waals surface area contributed by atoms with Gasteiger partial charge in [-0.05, 0) is 33.6 Å².